The number of nitrogen functional groups attached to an aromatic ring is 1. The van der Waals surface area contributed by atoms with E-state index in [4.69, 9.17) is 33.7 Å². The molecule has 0 aromatic heterocycles. The third-order valence-corrected chi connectivity index (χ3v) is 6.44. The van der Waals surface area contributed by atoms with Crippen LogP contribution in [0.3, 0.4) is 0 Å². The van der Waals surface area contributed by atoms with Gasteiger partial charge in [-0.25, -0.2) is 8.42 Å². The van der Waals surface area contributed by atoms with E-state index < -0.39 is 10.0 Å². The lowest BCUT2D eigenvalue weighted by Crippen LogP contribution is -2.45. The molecule has 5 nitrogen and oxygen atoms in total. The number of sulfonamides is 1. The van der Waals surface area contributed by atoms with E-state index in [1.807, 2.05) is 0 Å². The molecule has 0 aliphatic carbocycles. The monoisotopic (exact) mass is 336 g/mol. The second kappa shape index (κ2) is 5.03. The highest BCUT2D eigenvalue weighted by molar-refractivity contribution is 7.89. The molecule has 2 unspecified atom stereocenters. The van der Waals surface area contributed by atoms with Crippen LogP contribution >= 0.6 is 23.2 Å². The SMILES string of the molecule is Nc1c(Cl)ccc(S(=O)(=O)N2CC3CCC(C2)O3)c1Cl. The van der Waals surface area contributed by atoms with Gasteiger partial charge in [0.1, 0.15) is 4.90 Å². The van der Waals surface area contributed by atoms with Crippen LogP contribution in [0.5, 0.6) is 0 Å². The molecule has 2 aliphatic heterocycles. The van der Waals surface area contributed by atoms with Crippen LogP contribution in [0.15, 0.2) is 17.0 Å². The van der Waals surface area contributed by atoms with Crippen molar-refractivity contribution in [2.45, 2.75) is 29.9 Å². The largest absolute Gasteiger partial charge is 0.396 e. The van der Waals surface area contributed by atoms with Crippen molar-refractivity contribution in [2.75, 3.05) is 18.8 Å². The number of benzene rings is 1. The van der Waals surface area contributed by atoms with Gasteiger partial charge in [-0.3, -0.25) is 0 Å². The van der Waals surface area contributed by atoms with Gasteiger partial charge in [-0.2, -0.15) is 4.31 Å². The zero-order valence-electron chi connectivity index (χ0n) is 10.6. The van der Waals surface area contributed by atoms with Gasteiger partial charge >= 0.3 is 0 Å². The van der Waals surface area contributed by atoms with Crippen molar-refractivity contribution >= 4 is 38.9 Å². The number of morpholine rings is 1. The highest BCUT2D eigenvalue weighted by atomic mass is 35.5. The summed E-state index contributed by atoms with van der Waals surface area (Å²) in [5, 5.41) is 0.229. The Kier molecular flexibility index (Phi) is 3.63. The van der Waals surface area contributed by atoms with E-state index >= 15 is 0 Å². The molecule has 1 aromatic carbocycles. The summed E-state index contributed by atoms with van der Waals surface area (Å²) in [5.74, 6) is 0. The van der Waals surface area contributed by atoms with Gasteiger partial charge in [0.15, 0.2) is 0 Å². The van der Waals surface area contributed by atoms with Gasteiger partial charge in [-0.05, 0) is 25.0 Å². The van der Waals surface area contributed by atoms with Crippen LogP contribution in [0.1, 0.15) is 12.8 Å². The molecule has 0 spiro atoms. The van der Waals surface area contributed by atoms with Crippen molar-refractivity contribution in [2.24, 2.45) is 0 Å². The number of nitrogens with two attached hydrogens (primary N) is 1. The van der Waals surface area contributed by atoms with Crippen LogP contribution < -0.4 is 5.73 Å². The molecule has 110 valence electrons. The second-order valence-corrected chi connectivity index (χ2v) is 7.74. The Labute approximate surface area is 127 Å². The van der Waals surface area contributed by atoms with E-state index in [1.54, 1.807) is 0 Å². The van der Waals surface area contributed by atoms with E-state index in [0.29, 0.717) is 13.1 Å². The molecular weight excluding hydrogens is 323 g/mol. The fourth-order valence-electron chi connectivity index (χ4n) is 2.66. The Morgan fingerprint density at radius 1 is 1.20 bits per heavy atom. The lowest BCUT2D eigenvalue weighted by atomic mass is 10.2. The molecule has 0 saturated carbocycles. The van der Waals surface area contributed by atoms with E-state index in [1.165, 1.54) is 16.4 Å². The minimum Gasteiger partial charge on any atom is -0.396 e. The number of anilines is 1. The van der Waals surface area contributed by atoms with Gasteiger partial charge in [0.25, 0.3) is 0 Å². The normalized spacial score (nSPS) is 26.9. The van der Waals surface area contributed by atoms with Gasteiger partial charge in [0.2, 0.25) is 10.0 Å². The average Bonchev–Trinajstić information content (AvgIpc) is 2.74. The summed E-state index contributed by atoms with van der Waals surface area (Å²) in [4.78, 5) is 0.00219. The van der Waals surface area contributed by atoms with E-state index in [9.17, 15) is 8.42 Å². The van der Waals surface area contributed by atoms with Crippen molar-refractivity contribution in [3.8, 4) is 0 Å². The Bertz CT molecular complexity index is 638. The summed E-state index contributed by atoms with van der Waals surface area (Å²) in [6.07, 6.45) is 1.75. The number of nitrogens with zero attached hydrogens (tertiary/aromatic N) is 1. The van der Waals surface area contributed by atoms with Crippen LogP contribution in [-0.4, -0.2) is 38.0 Å². The first-order valence-corrected chi connectivity index (χ1v) is 8.48. The first-order valence-electron chi connectivity index (χ1n) is 6.28. The molecule has 0 amide bonds. The zero-order chi connectivity index (χ0) is 14.5. The zero-order valence-corrected chi connectivity index (χ0v) is 12.9. The average molecular weight is 337 g/mol. The molecule has 2 aliphatic rings. The summed E-state index contributed by atoms with van der Waals surface area (Å²) in [5.41, 5.74) is 5.79. The van der Waals surface area contributed by atoms with Crippen molar-refractivity contribution in [1.29, 1.82) is 0 Å². The standard InChI is InChI=1S/C12H14Cl2N2O3S/c13-9-3-4-10(11(14)12(9)15)20(17,18)16-5-7-1-2-8(6-16)19-7/h3-4,7-8H,1-2,5-6,15H2. The van der Waals surface area contributed by atoms with Gasteiger partial charge in [-0.15, -0.1) is 0 Å². The minimum absolute atomic E-state index is 0.00219. The summed E-state index contributed by atoms with van der Waals surface area (Å²) in [6, 6.07) is 2.85. The van der Waals surface area contributed by atoms with E-state index in [2.05, 4.69) is 0 Å². The second-order valence-electron chi connectivity index (χ2n) is 5.05. The van der Waals surface area contributed by atoms with Gasteiger partial charge < -0.3 is 10.5 Å². The summed E-state index contributed by atoms with van der Waals surface area (Å²) in [7, 11) is -3.68. The number of ether oxygens (including phenoxy) is 1. The summed E-state index contributed by atoms with van der Waals surface area (Å²) >= 11 is 11.9. The third-order valence-electron chi connectivity index (χ3n) is 3.72. The maximum atomic E-state index is 12.7. The maximum Gasteiger partial charge on any atom is 0.244 e. The minimum atomic E-state index is -3.68. The highest BCUT2D eigenvalue weighted by Gasteiger charge is 2.40. The van der Waals surface area contributed by atoms with Gasteiger partial charge in [0.05, 0.1) is 27.9 Å². The van der Waals surface area contributed by atoms with Crippen LogP contribution in [-0.2, 0) is 14.8 Å². The Balaban J connectivity index is 1.98. The molecule has 2 saturated heterocycles. The van der Waals surface area contributed by atoms with Crippen LogP contribution in [0, 0.1) is 0 Å². The van der Waals surface area contributed by atoms with Gasteiger partial charge in [-0.1, -0.05) is 23.2 Å². The predicted octanol–water partition coefficient (Wildman–Crippen LogP) is 2.13. The number of rotatable bonds is 2. The molecule has 2 atom stereocenters. The van der Waals surface area contributed by atoms with Crippen molar-refractivity contribution in [1.82, 2.24) is 4.31 Å². The first-order chi connectivity index (χ1) is 9.39. The van der Waals surface area contributed by atoms with E-state index in [0.717, 1.165) is 12.8 Å². The Morgan fingerprint density at radius 3 is 2.40 bits per heavy atom. The number of hydrogen-bond acceptors (Lipinski definition) is 4. The Hall–Kier alpha value is -0.530. The molecule has 3 rings (SSSR count). The predicted molar refractivity (Wildman–Crippen MR) is 77.5 cm³/mol. The van der Waals surface area contributed by atoms with Crippen molar-refractivity contribution in [3.05, 3.63) is 22.2 Å². The Morgan fingerprint density at radius 2 is 1.80 bits per heavy atom. The summed E-state index contributed by atoms with van der Waals surface area (Å²) < 4.78 is 32.4. The highest BCUT2D eigenvalue weighted by Crippen LogP contribution is 2.36. The molecule has 20 heavy (non-hydrogen) atoms. The molecule has 0 radical (unpaired) electrons. The first kappa shape index (κ1) is 14.4. The molecule has 2 fully saturated rings. The third kappa shape index (κ3) is 2.29. The van der Waals surface area contributed by atoms with E-state index in [-0.39, 0.29) is 32.8 Å². The van der Waals surface area contributed by atoms with Crippen LogP contribution in [0.25, 0.3) is 0 Å². The van der Waals surface area contributed by atoms with Gasteiger partial charge in [0, 0.05) is 13.1 Å². The smallest absolute Gasteiger partial charge is 0.244 e. The molecule has 8 heteroatoms. The number of fused-ring (bicyclic) bond motifs is 2. The molecule has 2 bridgehead atoms. The fraction of sp³-hybridized carbons (Fsp3) is 0.500. The van der Waals surface area contributed by atoms with Crippen LogP contribution in [0.2, 0.25) is 10.0 Å². The number of halogens is 2. The topological polar surface area (TPSA) is 72.6 Å². The molecule has 2 N–H and O–H groups in total. The molecular formula is C12H14Cl2N2O3S. The maximum absolute atomic E-state index is 12.7. The molecule has 2 heterocycles. The van der Waals surface area contributed by atoms with Crippen molar-refractivity contribution in [3.63, 3.8) is 0 Å². The molecule has 1 aromatic rings. The van der Waals surface area contributed by atoms with Crippen molar-refractivity contribution < 1.29 is 13.2 Å². The lowest BCUT2D eigenvalue weighted by molar-refractivity contribution is -0.0114. The lowest BCUT2D eigenvalue weighted by Gasteiger charge is -2.31. The quantitative estimate of drug-likeness (QED) is 0.839. The van der Waals surface area contributed by atoms with Crippen LogP contribution in [0.4, 0.5) is 5.69 Å². The fourth-order valence-corrected chi connectivity index (χ4v) is 4.90. The summed E-state index contributed by atoms with van der Waals surface area (Å²) in [6.45, 7) is 0.718. The number of hydrogen-bond donors (Lipinski definition) is 1.